The minimum Gasteiger partial charge on any atom is -0.397 e. The van der Waals surface area contributed by atoms with Gasteiger partial charge in [-0.1, -0.05) is 23.4 Å². The number of carbonyl (C=O) groups is 1. The van der Waals surface area contributed by atoms with Crippen molar-refractivity contribution in [2.75, 3.05) is 11.1 Å². The van der Waals surface area contributed by atoms with Gasteiger partial charge in [0.1, 0.15) is 5.82 Å². The predicted octanol–water partition coefficient (Wildman–Crippen LogP) is 3.20. The molecule has 1 amide bonds. The van der Waals surface area contributed by atoms with Crippen molar-refractivity contribution in [2.45, 2.75) is 23.4 Å². The Kier molecular flexibility index (Phi) is 4.85. The molecular weight excluding hydrogens is 316 g/mol. The van der Waals surface area contributed by atoms with Crippen molar-refractivity contribution in [1.82, 2.24) is 9.36 Å². The van der Waals surface area contributed by atoms with Gasteiger partial charge < -0.3 is 11.1 Å². The lowest BCUT2D eigenvalue weighted by Crippen LogP contribution is -2.22. The summed E-state index contributed by atoms with van der Waals surface area (Å²) in [6.45, 7) is 3.63. The zero-order valence-electron chi connectivity index (χ0n) is 10.9. The number of anilines is 2. The monoisotopic (exact) mass is 328 g/mol. The summed E-state index contributed by atoms with van der Waals surface area (Å²) in [5.74, 6) is 0.573. The van der Waals surface area contributed by atoms with Gasteiger partial charge in [0.05, 0.1) is 16.6 Å². The van der Waals surface area contributed by atoms with Crippen LogP contribution in [0.15, 0.2) is 22.5 Å². The highest BCUT2D eigenvalue weighted by Gasteiger charge is 2.17. The number of thioether (sulfide) groups is 1. The smallest absolute Gasteiger partial charge is 0.237 e. The predicted molar refractivity (Wildman–Crippen MR) is 84.5 cm³/mol. The Hall–Kier alpha value is -1.31. The number of rotatable bonds is 4. The number of nitrogens with one attached hydrogen (secondary N) is 1. The SMILES string of the molecule is Cc1nsc(SC(C)C(=O)Nc2ccc(Cl)cc2N)n1. The summed E-state index contributed by atoms with van der Waals surface area (Å²) in [5, 5.41) is 3.02. The number of hydrogen-bond donors (Lipinski definition) is 2. The molecule has 1 atom stereocenters. The molecule has 0 spiro atoms. The molecule has 20 heavy (non-hydrogen) atoms. The van der Waals surface area contributed by atoms with Gasteiger partial charge in [0.25, 0.3) is 0 Å². The minimum atomic E-state index is -0.294. The summed E-state index contributed by atoms with van der Waals surface area (Å²) in [6.07, 6.45) is 0. The van der Waals surface area contributed by atoms with Crippen LogP contribution in [-0.2, 0) is 4.79 Å². The van der Waals surface area contributed by atoms with E-state index in [0.29, 0.717) is 22.2 Å². The number of aromatic nitrogens is 2. The zero-order valence-corrected chi connectivity index (χ0v) is 13.3. The molecule has 8 heteroatoms. The molecular formula is C12H13ClN4OS2. The second kappa shape index (κ2) is 6.43. The van der Waals surface area contributed by atoms with E-state index in [0.717, 1.165) is 4.34 Å². The molecule has 0 aliphatic heterocycles. The first kappa shape index (κ1) is 15.1. The third-order valence-corrected chi connectivity index (χ3v) is 4.64. The van der Waals surface area contributed by atoms with E-state index in [1.54, 1.807) is 18.2 Å². The van der Waals surface area contributed by atoms with Crippen molar-refractivity contribution in [3.8, 4) is 0 Å². The van der Waals surface area contributed by atoms with Gasteiger partial charge in [0.15, 0.2) is 4.34 Å². The van der Waals surface area contributed by atoms with Crippen molar-refractivity contribution >= 4 is 52.2 Å². The second-order valence-corrected chi connectivity index (χ2v) is 6.86. The highest BCUT2D eigenvalue weighted by Crippen LogP contribution is 2.27. The van der Waals surface area contributed by atoms with Crippen LogP contribution < -0.4 is 11.1 Å². The molecule has 1 aromatic carbocycles. The Labute approximate surface area is 130 Å². The standard InChI is InChI=1S/C12H13ClN4OS2/c1-6(19-12-15-7(2)17-20-12)11(18)16-10-4-3-8(13)5-9(10)14/h3-6H,14H2,1-2H3,(H,16,18). The van der Waals surface area contributed by atoms with E-state index in [9.17, 15) is 4.79 Å². The molecule has 0 aliphatic carbocycles. The fourth-order valence-corrected chi connectivity index (χ4v) is 3.39. The van der Waals surface area contributed by atoms with E-state index in [-0.39, 0.29) is 11.2 Å². The number of benzene rings is 1. The van der Waals surface area contributed by atoms with Gasteiger partial charge in [-0.3, -0.25) is 4.79 Å². The topological polar surface area (TPSA) is 80.9 Å². The molecule has 0 fully saturated rings. The van der Waals surface area contributed by atoms with Crippen LogP contribution in [-0.4, -0.2) is 20.5 Å². The molecule has 1 unspecified atom stereocenters. The van der Waals surface area contributed by atoms with Gasteiger partial charge in [0, 0.05) is 5.02 Å². The number of hydrogen-bond acceptors (Lipinski definition) is 6. The van der Waals surface area contributed by atoms with Gasteiger partial charge >= 0.3 is 0 Å². The fraction of sp³-hybridized carbons (Fsp3) is 0.250. The number of aryl methyl sites for hydroxylation is 1. The number of carbonyl (C=O) groups excluding carboxylic acids is 1. The molecule has 2 aromatic rings. The molecule has 5 nitrogen and oxygen atoms in total. The number of halogens is 1. The van der Waals surface area contributed by atoms with Crippen LogP contribution in [0.25, 0.3) is 0 Å². The van der Waals surface area contributed by atoms with Crippen LogP contribution in [0.1, 0.15) is 12.7 Å². The Morgan fingerprint density at radius 3 is 2.90 bits per heavy atom. The maximum absolute atomic E-state index is 12.1. The number of nitrogens with two attached hydrogens (primary N) is 1. The second-order valence-electron chi connectivity index (χ2n) is 4.09. The summed E-state index contributed by atoms with van der Waals surface area (Å²) >= 11 is 8.47. The maximum atomic E-state index is 12.1. The lowest BCUT2D eigenvalue weighted by Gasteiger charge is -2.12. The van der Waals surface area contributed by atoms with Crippen LogP contribution >= 0.6 is 34.9 Å². The molecule has 106 valence electrons. The normalized spacial score (nSPS) is 12.2. The zero-order chi connectivity index (χ0) is 14.7. The first-order chi connectivity index (χ1) is 9.45. The van der Waals surface area contributed by atoms with E-state index in [2.05, 4.69) is 14.7 Å². The van der Waals surface area contributed by atoms with Crippen molar-refractivity contribution in [1.29, 1.82) is 0 Å². The Bertz CT molecular complexity index is 632. The minimum absolute atomic E-state index is 0.142. The highest BCUT2D eigenvalue weighted by molar-refractivity contribution is 8.02. The first-order valence-corrected chi connectivity index (χ1v) is 7.81. The van der Waals surface area contributed by atoms with Gasteiger partial charge in [0.2, 0.25) is 5.91 Å². The van der Waals surface area contributed by atoms with Crippen LogP contribution in [0.3, 0.4) is 0 Å². The van der Waals surface area contributed by atoms with Gasteiger partial charge in [-0.2, -0.15) is 4.37 Å². The maximum Gasteiger partial charge on any atom is 0.237 e. The van der Waals surface area contributed by atoms with Gasteiger partial charge in [-0.25, -0.2) is 4.98 Å². The van der Waals surface area contributed by atoms with E-state index in [4.69, 9.17) is 17.3 Å². The van der Waals surface area contributed by atoms with Gasteiger partial charge in [-0.05, 0) is 43.6 Å². The molecule has 3 N–H and O–H groups in total. The number of nitrogen functional groups attached to an aromatic ring is 1. The van der Waals surface area contributed by atoms with E-state index in [1.807, 2.05) is 13.8 Å². The highest BCUT2D eigenvalue weighted by atomic mass is 35.5. The largest absolute Gasteiger partial charge is 0.397 e. The van der Waals surface area contributed by atoms with E-state index >= 15 is 0 Å². The molecule has 0 bridgehead atoms. The van der Waals surface area contributed by atoms with E-state index < -0.39 is 0 Å². The quantitative estimate of drug-likeness (QED) is 0.665. The lowest BCUT2D eigenvalue weighted by molar-refractivity contribution is -0.115. The van der Waals surface area contributed by atoms with Crippen LogP contribution in [0.5, 0.6) is 0 Å². The molecule has 1 aromatic heterocycles. The van der Waals surface area contributed by atoms with Crippen molar-refractivity contribution in [2.24, 2.45) is 0 Å². The van der Waals surface area contributed by atoms with Crippen molar-refractivity contribution < 1.29 is 4.79 Å². The fourth-order valence-electron chi connectivity index (χ4n) is 1.41. The van der Waals surface area contributed by atoms with Gasteiger partial charge in [-0.15, -0.1) is 0 Å². The third-order valence-electron chi connectivity index (χ3n) is 2.43. The number of nitrogens with zero attached hydrogens (tertiary/aromatic N) is 2. The Morgan fingerprint density at radius 1 is 1.55 bits per heavy atom. The van der Waals surface area contributed by atoms with E-state index in [1.165, 1.54) is 23.3 Å². The molecule has 0 aliphatic rings. The molecule has 1 heterocycles. The average Bonchev–Trinajstić information content (AvgIpc) is 2.78. The summed E-state index contributed by atoms with van der Waals surface area (Å²) in [6, 6.07) is 4.96. The Balaban J connectivity index is 2.00. The van der Waals surface area contributed by atoms with Crippen LogP contribution in [0.4, 0.5) is 11.4 Å². The summed E-state index contributed by atoms with van der Waals surface area (Å²) in [4.78, 5) is 16.3. The third kappa shape index (κ3) is 3.84. The Morgan fingerprint density at radius 2 is 2.30 bits per heavy atom. The summed E-state index contributed by atoms with van der Waals surface area (Å²) in [7, 11) is 0. The summed E-state index contributed by atoms with van der Waals surface area (Å²) in [5.41, 5.74) is 6.79. The van der Waals surface area contributed by atoms with Crippen LogP contribution in [0.2, 0.25) is 5.02 Å². The van der Waals surface area contributed by atoms with Crippen LogP contribution in [0, 0.1) is 6.92 Å². The van der Waals surface area contributed by atoms with Crippen molar-refractivity contribution in [3.63, 3.8) is 0 Å². The number of amides is 1. The first-order valence-electron chi connectivity index (χ1n) is 5.78. The molecule has 2 rings (SSSR count). The molecule has 0 saturated carbocycles. The van der Waals surface area contributed by atoms with Crippen molar-refractivity contribution in [3.05, 3.63) is 29.0 Å². The lowest BCUT2D eigenvalue weighted by atomic mass is 10.2. The molecule has 0 saturated heterocycles. The molecule has 0 radical (unpaired) electrons. The average molecular weight is 329 g/mol. The summed E-state index contributed by atoms with van der Waals surface area (Å²) < 4.78 is 4.85.